The van der Waals surface area contributed by atoms with E-state index < -0.39 is 0 Å². The average Bonchev–Trinajstić information content (AvgIpc) is 2.67. The largest absolute Gasteiger partial charge is 0.399 e. The molecule has 64 valence electrons. The lowest BCUT2D eigenvalue weighted by atomic mass is 10.2. The molecule has 0 saturated heterocycles. The Bertz CT molecular complexity index is 290. The van der Waals surface area contributed by atoms with Crippen LogP contribution in [0.5, 0.6) is 0 Å². The molecule has 3 N–H and O–H groups in total. The molecule has 1 aromatic carbocycles. The summed E-state index contributed by atoms with van der Waals surface area (Å²) in [4.78, 5) is 0. The molecule has 1 aliphatic rings. The van der Waals surface area contributed by atoms with E-state index >= 15 is 0 Å². The van der Waals surface area contributed by atoms with Crippen LogP contribution in [0.25, 0.3) is 0 Å². The molecule has 1 aliphatic carbocycles. The van der Waals surface area contributed by atoms with Gasteiger partial charge in [0.05, 0.1) is 0 Å². The SMILES string of the molecule is CC1(Nc2cccc(N)c2)CC1. The summed E-state index contributed by atoms with van der Waals surface area (Å²) in [5, 5.41) is 3.45. The molecule has 2 heteroatoms. The van der Waals surface area contributed by atoms with Gasteiger partial charge in [0.25, 0.3) is 0 Å². The van der Waals surface area contributed by atoms with Crippen molar-refractivity contribution in [1.82, 2.24) is 0 Å². The maximum absolute atomic E-state index is 5.66. The van der Waals surface area contributed by atoms with Crippen molar-refractivity contribution in [2.75, 3.05) is 11.1 Å². The first-order valence-electron chi connectivity index (χ1n) is 4.32. The summed E-state index contributed by atoms with van der Waals surface area (Å²) >= 11 is 0. The van der Waals surface area contributed by atoms with Gasteiger partial charge in [0, 0.05) is 16.9 Å². The summed E-state index contributed by atoms with van der Waals surface area (Å²) < 4.78 is 0. The minimum Gasteiger partial charge on any atom is -0.399 e. The van der Waals surface area contributed by atoms with Crippen molar-refractivity contribution < 1.29 is 0 Å². The third kappa shape index (κ3) is 1.52. The van der Waals surface area contributed by atoms with Gasteiger partial charge < -0.3 is 11.1 Å². The number of anilines is 2. The molecular formula is C10H14N2. The molecule has 0 radical (unpaired) electrons. The summed E-state index contributed by atoms with van der Waals surface area (Å²) in [5.74, 6) is 0. The number of rotatable bonds is 2. The maximum Gasteiger partial charge on any atom is 0.0364 e. The van der Waals surface area contributed by atoms with E-state index in [1.165, 1.54) is 12.8 Å². The van der Waals surface area contributed by atoms with Crippen molar-refractivity contribution in [2.45, 2.75) is 25.3 Å². The predicted molar refractivity (Wildman–Crippen MR) is 52.1 cm³/mol. The highest BCUT2D eigenvalue weighted by Gasteiger charge is 2.36. The normalized spacial score (nSPS) is 18.8. The first-order valence-corrected chi connectivity index (χ1v) is 4.32. The Balaban J connectivity index is 2.12. The number of nitrogens with two attached hydrogens (primary N) is 1. The Morgan fingerprint density at radius 2 is 2.17 bits per heavy atom. The Hall–Kier alpha value is -1.18. The van der Waals surface area contributed by atoms with Gasteiger partial charge in [-0.3, -0.25) is 0 Å². The predicted octanol–water partition coefficient (Wildman–Crippen LogP) is 2.23. The number of hydrogen-bond donors (Lipinski definition) is 2. The van der Waals surface area contributed by atoms with Crippen LogP contribution >= 0.6 is 0 Å². The molecule has 0 aliphatic heterocycles. The Labute approximate surface area is 72.8 Å². The topological polar surface area (TPSA) is 38.0 Å². The minimum absolute atomic E-state index is 0.341. The first kappa shape index (κ1) is 7.47. The molecule has 0 bridgehead atoms. The molecule has 12 heavy (non-hydrogen) atoms. The minimum atomic E-state index is 0.341. The molecule has 1 saturated carbocycles. The lowest BCUT2D eigenvalue weighted by molar-refractivity contribution is 0.829. The summed E-state index contributed by atoms with van der Waals surface area (Å²) in [6, 6.07) is 7.91. The third-order valence-corrected chi connectivity index (χ3v) is 2.33. The molecule has 0 amide bonds. The van der Waals surface area contributed by atoms with Crippen molar-refractivity contribution in [1.29, 1.82) is 0 Å². The van der Waals surface area contributed by atoms with Crippen LogP contribution in [0.15, 0.2) is 24.3 Å². The Morgan fingerprint density at radius 1 is 1.42 bits per heavy atom. The van der Waals surface area contributed by atoms with E-state index in [1.807, 2.05) is 18.2 Å². The van der Waals surface area contributed by atoms with E-state index in [0.29, 0.717) is 5.54 Å². The van der Waals surface area contributed by atoms with Gasteiger partial charge in [0.2, 0.25) is 0 Å². The molecule has 0 spiro atoms. The van der Waals surface area contributed by atoms with E-state index in [9.17, 15) is 0 Å². The summed E-state index contributed by atoms with van der Waals surface area (Å²) in [6.45, 7) is 2.23. The second-order valence-corrected chi connectivity index (χ2v) is 3.81. The highest BCUT2D eigenvalue weighted by molar-refractivity contribution is 5.56. The van der Waals surface area contributed by atoms with Gasteiger partial charge in [-0.1, -0.05) is 6.07 Å². The van der Waals surface area contributed by atoms with E-state index in [2.05, 4.69) is 18.3 Å². The van der Waals surface area contributed by atoms with Crippen LogP contribution in [0.2, 0.25) is 0 Å². The fraction of sp³-hybridized carbons (Fsp3) is 0.400. The fourth-order valence-corrected chi connectivity index (χ4v) is 1.28. The van der Waals surface area contributed by atoms with Crippen molar-refractivity contribution in [3.63, 3.8) is 0 Å². The molecule has 2 rings (SSSR count). The standard InChI is InChI=1S/C10H14N2/c1-10(5-6-10)12-9-4-2-3-8(11)7-9/h2-4,7,12H,5-6,11H2,1H3. The number of nitrogens with one attached hydrogen (secondary N) is 1. The first-order chi connectivity index (χ1) is 5.68. The van der Waals surface area contributed by atoms with Crippen LogP contribution in [0.1, 0.15) is 19.8 Å². The van der Waals surface area contributed by atoms with Gasteiger partial charge in [-0.05, 0) is 38.0 Å². The molecule has 0 unspecified atom stereocenters. The summed E-state index contributed by atoms with van der Waals surface area (Å²) in [5.41, 5.74) is 7.96. The van der Waals surface area contributed by atoms with Crippen molar-refractivity contribution in [2.24, 2.45) is 0 Å². The van der Waals surface area contributed by atoms with Crippen LogP contribution in [0.3, 0.4) is 0 Å². The van der Waals surface area contributed by atoms with Crippen LogP contribution in [-0.4, -0.2) is 5.54 Å². The fourth-order valence-electron chi connectivity index (χ4n) is 1.28. The van der Waals surface area contributed by atoms with Gasteiger partial charge >= 0.3 is 0 Å². The molecule has 2 nitrogen and oxygen atoms in total. The van der Waals surface area contributed by atoms with Crippen LogP contribution in [0, 0.1) is 0 Å². The summed E-state index contributed by atoms with van der Waals surface area (Å²) in [7, 11) is 0. The van der Waals surface area contributed by atoms with Crippen molar-refractivity contribution in [3.8, 4) is 0 Å². The quantitative estimate of drug-likeness (QED) is 0.654. The van der Waals surface area contributed by atoms with Crippen LogP contribution in [-0.2, 0) is 0 Å². The third-order valence-electron chi connectivity index (χ3n) is 2.33. The number of nitrogen functional groups attached to an aromatic ring is 1. The molecule has 0 heterocycles. The highest BCUT2D eigenvalue weighted by atomic mass is 15.0. The zero-order valence-electron chi connectivity index (χ0n) is 7.30. The van der Waals surface area contributed by atoms with Gasteiger partial charge in [-0.25, -0.2) is 0 Å². The number of benzene rings is 1. The monoisotopic (exact) mass is 162 g/mol. The van der Waals surface area contributed by atoms with Crippen molar-refractivity contribution in [3.05, 3.63) is 24.3 Å². The lowest BCUT2D eigenvalue weighted by Crippen LogP contribution is -2.15. The zero-order valence-corrected chi connectivity index (χ0v) is 7.30. The summed E-state index contributed by atoms with van der Waals surface area (Å²) in [6.07, 6.45) is 2.53. The Morgan fingerprint density at radius 3 is 2.75 bits per heavy atom. The average molecular weight is 162 g/mol. The maximum atomic E-state index is 5.66. The van der Waals surface area contributed by atoms with Gasteiger partial charge in [0.1, 0.15) is 0 Å². The van der Waals surface area contributed by atoms with Crippen molar-refractivity contribution >= 4 is 11.4 Å². The number of hydrogen-bond acceptors (Lipinski definition) is 2. The van der Waals surface area contributed by atoms with Gasteiger partial charge in [0.15, 0.2) is 0 Å². The molecule has 0 aromatic heterocycles. The van der Waals surface area contributed by atoms with Gasteiger partial charge in [-0.15, -0.1) is 0 Å². The van der Waals surface area contributed by atoms with Crippen LogP contribution in [0.4, 0.5) is 11.4 Å². The molecule has 0 atom stereocenters. The smallest absolute Gasteiger partial charge is 0.0364 e. The second kappa shape index (κ2) is 2.41. The molecular weight excluding hydrogens is 148 g/mol. The molecule has 1 fully saturated rings. The lowest BCUT2D eigenvalue weighted by Gasteiger charge is -2.12. The van der Waals surface area contributed by atoms with E-state index in [4.69, 9.17) is 5.73 Å². The van der Waals surface area contributed by atoms with E-state index in [1.54, 1.807) is 0 Å². The Kier molecular flexibility index (Phi) is 1.50. The van der Waals surface area contributed by atoms with E-state index in [0.717, 1.165) is 11.4 Å². The highest BCUT2D eigenvalue weighted by Crippen LogP contribution is 2.38. The van der Waals surface area contributed by atoms with Gasteiger partial charge in [-0.2, -0.15) is 0 Å². The van der Waals surface area contributed by atoms with Crippen LogP contribution < -0.4 is 11.1 Å². The van der Waals surface area contributed by atoms with E-state index in [-0.39, 0.29) is 0 Å². The zero-order chi connectivity index (χ0) is 8.60. The molecule has 1 aromatic rings. The second-order valence-electron chi connectivity index (χ2n) is 3.81.